The van der Waals surface area contributed by atoms with E-state index in [-0.39, 0.29) is 0 Å². The van der Waals surface area contributed by atoms with E-state index in [0.717, 1.165) is 16.8 Å². The highest BCUT2D eigenvalue weighted by Crippen LogP contribution is 2.16. The van der Waals surface area contributed by atoms with Crippen molar-refractivity contribution in [2.24, 2.45) is 4.99 Å². The van der Waals surface area contributed by atoms with Crippen molar-refractivity contribution in [3.63, 3.8) is 0 Å². The van der Waals surface area contributed by atoms with Gasteiger partial charge in [-0.3, -0.25) is 4.99 Å². The van der Waals surface area contributed by atoms with E-state index in [1.54, 1.807) is 18.8 Å². The van der Waals surface area contributed by atoms with Crippen LogP contribution in [0.3, 0.4) is 0 Å². The number of thiocarbonyl (C=S) groups is 1. The van der Waals surface area contributed by atoms with Crippen LogP contribution in [-0.2, 0) is 0 Å². The number of anilines is 1. The molecule has 0 aliphatic heterocycles. The lowest BCUT2D eigenvalue weighted by molar-refractivity contribution is 1.42. The summed E-state index contributed by atoms with van der Waals surface area (Å²) in [6.07, 6.45) is 1.66. The van der Waals surface area contributed by atoms with E-state index in [9.17, 15) is 0 Å². The van der Waals surface area contributed by atoms with Gasteiger partial charge >= 0.3 is 0 Å². The molecule has 1 N–H and O–H groups in total. The zero-order chi connectivity index (χ0) is 9.68. The van der Waals surface area contributed by atoms with Crippen molar-refractivity contribution in [1.29, 1.82) is 0 Å². The normalized spacial score (nSPS) is 10.3. The molecule has 1 aromatic carbocycles. The standard InChI is InChI=1S/C10H12N2S/c1-8-9(6-13)4-3-5-10(8)12-7-11-2/h3-7H,1-2H3,(H,11,12). The molecule has 0 fully saturated rings. The van der Waals surface area contributed by atoms with Gasteiger partial charge in [-0.15, -0.1) is 0 Å². The second-order valence-electron chi connectivity index (χ2n) is 2.67. The highest BCUT2D eigenvalue weighted by Gasteiger charge is 1.98. The fourth-order valence-corrected chi connectivity index (χ4v) is 1.33. The van der Waals surface area contributed by atoms with Crippen LogP contribution in [0.4, 0.5) is 5.69 Å². The predicted molar refractivity (Wildman–Crippen MR) is 62.0 cm³/mol. The zero-order valence-electron chi connectivity index (χ0n) is 7.74. The summed E-state index contributed by atoms with van der Waals surface area (Å²) in [5.41, 5.74) is 3.27. The molecule has 2 nitrogen and oxygen atoms in total. The first kappa shape index (κ1) is 9.86. The number of hydrogen-bond acceptors (Lipinski definition) is 2. The van der Waals surface area contributed by atoms with Gasteiger partial charge in [0.2, 0.25) is 0 Å². The van der Waals surface area contributed by atoms with Crippen LogP contribution in [0.25, 0.3) is 0 Å². The van der Waals surface area contributed by atoms with E-state index in [4.69, 9.17) is 12.2 Å². The van der Waals surface area contributed by atoms with Crippen molar-refractivity contribution in [2.75, 3.05) is 12.4 Å². The third-order valence-electron chi connectivity index (χ3n) is 1.85. The highest BCUT2D eigenvalue weighted by molar-refractivity contribution is 7.79. The molecule has 68 valence electrons. The molecule has 0 heterocycles. The predicted octanol–water partition coefficient (Wildman–Crippen LogP) is 2.41. The Balaban J connectivity index is 3.00. The average Bonchev–Trinajstić information content (AvgIpc) is 2.16. The first-order valence-electron chi connectivity index (χ1n) is 4.01. The number of rotatable bonds is 3. The monoisotopic (exact) mass is 192 g/mol. The molecule has 3 heteroatoms. The van der Waals surface area contributed by atoms with Crippen LogP contribution in [-0.4, -0.2) is 18.8 Å². The molecule has 0 radical (unpaired) electrons. The summed E-state index contributed by atoms with van der Waals surface area (Å²) in [4.78, 5) is 3.86. The Morgan fingerprint density at radius 1 is 1.46 bits per heavy atom. The molecule has 0 saturated heterocycles. The maximum atomic E-state index is 4.89. The number of benzene rings is 1. The van der Waals surface area contributed by atoms with Crippen LogP contribution in [0.2, 0.25) is 0 Å². The number of hydrogen-bond donors (Lipinski definition) is 1. The maximum absolute atomic E-state index is 4.89. The summed E-state index contributed by atoms with van der Waals surface area (Å²) in [5, 5.41) is 4.76. The molecule has 1 aromatic rings. The lowest BCUT2D eigenvalue weighted by Crippen LogP contribution is -1.98. The van der Waals surface area contributed by atoms with E-state index in [0.29, 0.717) is 0 Å². The molecule has 13 heavy (non-hydrogen) atoms. The van der Waals surface area contributed by atoms with Gasteiger partial charge in [-0.25, -0.2) is 0 Å². The second-order valence-corrected chi connectivity index (χ2v) is 2.90. The molecule has 0 bridgehead atoms. The molecule has 1 rings (SSSR count). The van der Waals surface area contributed by atoms with Gasteiger partial charge < -0.3 is 5.32 Å². The number of nitrogens with one attached hydrogen (secondary N) is 1. The number of aliphatic imine (C=N–C) groups is 1. The first-order chi connectivity index (χ1) is 6.29. The minimum atomic E-state index is 1.05. The van der Waals surface area contributed by atoms with Crippen molar-refractivity contribution in [2.45, 2.75) is 6.92 Å². The summed E-state index contributed by atoms with van der Waals surface area (Å²) in [5.74, 6) is 0. The minimum absolute atomic E-state index is 1.05. The molecule has 0 saturated carbocycles. The molecule has 0 aliphatic carbocycles. The summed E-state index contributed by atoms with van der Waals surface area (Å²) >= 11 is 4.89. The van der Waals surface area contributed by atoms with Crippen LogP contribution in [0, 0.1) is 6.92 Å². The fraction of sp³-hybridized carbons (Fsp3) is 0.200. The average molecular weight is 192 g/mol. The van der Waals surface area contributed by atoms with Crippen LogP contribution < -0.4 is 5.32 Å². The third-order valence-corrected chi connectivity index (χ3v) is 2.11. The highest BCUT2D eigenvalue weighted by atomic mass is 32.1. The van der Waals surface area contributed by atoms with Gasteiger partial charge in [0.05, 0.1) is 6.34 Å². The van der Waals surface area contributed by atoms with Crippen LogP contribution in [0.5, 0.6) is 0 Å². The molecule has 0 aliphatic rings. The second kappa shape index (κ2) is 4.72. The lowest BCUT2D eigenvalue weighted by Gasteiger charge is -2.06. The summed E-state index contributed by atoms with van der Waals surface area (Å²) in [6.45, 7) is 2.03. The smallest absolute Gasteiger partial charge is 0.0864 e. The van der Waals surface area contributed by atoms with Crippen molar-refractivity contribution in [3.05, 3.63) is 29.3 Å². The molecule has 0 aromatic heterocycles. The Labute approximate surface area is 83.7 Å². The summed E-state index contributed by atoms with van der Waals surface area (Å²) < 4.78 is 0. The van der Waals surface area contributed by atoms with Crippen LogP contribution in [0.15, 0.2) is 23.2 Å². The van der Waals surface area contributed by atoms with Gasteiger partial charge in [-0.1, -0.05) is 24.4 Å². The molecule has 0 spiro atoms. The lowest BCUT2D eigenvalue weighted by atomic mass is 10.1. The first-order valence-corrected chi connectivity index (χ1v) is 4.48. The van der Waals surface area contributed by atoms with Gasteiger partial charge in [0, 0.05) is 18.1 Å². The molecular weight excluding hydrogens is 180 g/mol. The zero-order valence-corrected chi connectivity index (χ0v) is 8.56. The Morgan fingerprint density at radius 2 is 2.23 bits per heavy atom. The molecule has 0 amide bonds. The van der Waals surface area contributed by atoms with Crippen molar-refractivity contribution < 1.29 is 0 Å². The van der Waals surface area contributed by atoms with Gasteiger partial charge in [-0.2, -0.15) is 0 Å². The number of nitrogens with zero attached hydrogens (tertiary/aromatic N) is 1. The van der Waals surface area contributed by atoms with Gasteiger partial charge in [0.1, 0.15) is 0 Å². The Hall–Kier alpha value is -1.22. The SMILES string of the molecule is CN=CNc1cccc(C=S)c1C. The molecular formula is C10H12N2S. The van der Waals surface area contributed by atoms with E-state index >= 15 is 0 Å². The van der Waals surface area contributed by atoms with Gasteiger partial charge in [-0.05, 0) is 24.1 Å². The largest absolute Gasteiger partial charge is 0.347 e. The van der Waals surface area contributed by atoms with Crippen molar-refractivity contribution in [1.82, 2.24) is 0 Å². The third kappa shape index (κ3) is 2.36. The maximum Gasteiger partial charge on any atom is 0.0864 e. The minimum Gasteiger partial charge on any atom is -0.347 e. The van der Waals surface area contributed by atoms with E-state index in [2.05, 4.69) is 10.3 Å². The van der Waals surface area contributed by atoms with E-state index in [1.807, 2.05) is 25.1 Å². The van der Waals surface area contributed by atoms with Crippen molar-refractivity contribution in [3.8, 4) is 0 Å². The quantitative estimate of drug-likeness (QED) is 0.452. The Morgan fingerprint density at radius 3 is 2.85 bits per heavy atom. The van der Waals surface area contributed by atoms with Gasteiger partial charge in [0.15, 0.2) is 0 Å². The van der Waals surface area contributed by atoms with Crippen LogP contribution in [0.1, 0.15) is 11.1 Å². The van der Waals surface area contributed by atoms with Gasteiger partial charge in [0.25, 0.3) is 0 Å². The fourth-order valence-electron chi connectivity index (χ4n) is 1.07. The summed E-state index contributed by atoms with van der Waals surface area (Å²) in [7, 11) is 1.73. The van der Waals surface area contributed by atoms with E-state index < -0.39 is 0 Å². The Kier molecular flexibility index (Phi) is 3.58. The van der Waals surface area contributed by atoms with E-state index in [1.165, 1.54) is 0 Å². The van der Waals surface area contributed by atoms with Crippen LogP contribution >= 0.6 is 12.2 Å². The topological polar surface area (TPSA) is 24.4 Å². The summed E-state index contributed by atoms with van der Waals surface area (Å²) in [6, 6.07) is 5.97. The Bertz CT molecular complexity index is 332. The molecule has 0 atom stereocenters. The van der Waals surface area contributed by atoms with Crippen molar-refractivity contribution >= 4 is 29.6 Å². The molecule has 0 unspecified atom stereocenters.